The van der Waals surface area contributed by atoms with Crippen molar-refractivity contribution in [2.75, 3.05) is 10.6 Å². The van der Waals surface area contributed by atoms with Crippen LogP contribution in [0.5, 0.6) is 0 Å². The highest BCUT2D eigenvalue weighted by molar-refractivity contribution is 9.10. The summed E-state index contributed by atoms with van der Waals surface area (Å²) >= 11 is 3.21. The molecule has 0 bridgehead atoms. The largest absolute Gasteiger partial charge is 0.478 e. The molecule has 2 rings (SSSR count). The predicted molar refractivity (Wildman–Crippen MR) is 72.5 cm³/mol. The zero-order valence-electron chi connectivity index (χ0n) is 10.2. The number of tetrazole rings is 1. The highest BCUT2D eigenvalue weighted by Gasteiger charge is 2.11. The summed E-state index contributed by atoms with van der Waals surface area (Å²) in [6.45, 7) is 0. The molecule has 3 N–H and O–H groups in total. The molecule has 2 amide bonds. The van der Waals surface area contributed by atoms with Crippen LogP contribution in [0.3, 0.4) is 0 Å². The number of aromatic nitrogens is 4. The van der Waals surface area contributed by atoms with E-state index >= 15 is 0 Å². The van der Waals surface area contributed by atoms with Crippen LogP contribution in [0.25, 0.3) is 0 Å². The fourth-order valence-corrected chi connectivity index (χ4v) is 1.69. The van der Waals surface area contributed by atoms with Gasteiger partial charge in [0.2, 0.25) is 0 Å². The first-order chi connectivity index (χ1) is 9.45. The lowest BCUT2D eigenvalue weighted by Gasteiger charge is -2.07. The topological polar surface area (TPSA) is 122 Å². The molecule has 20 heavy (non-hydrogen) atoms. The van der Waals surface area contributed by atoms with Crippen LogP contribution in [0, 0.1) is 0 Å². The normalized spacial score (nSPS) is 10.1. The quantitative estimate of drug-likeness (QED) is 0.774. The number of carboxylic acids is 1. The molecule has 0 aliphatic rings. The number of nitrogens with one attached hydrogen (secondary N) is 2. The van der Waals surface area contributed by atoms with Crippen molar-refractivity contribution in [1.29, 1.82) is 0 Å². The lowest BCUT2D eigenvalue weighted by Crippen LogP contribution is -2.20. The van der Waals surface area contributed by atoms with Crippen LogP contribution >= 0.6 is 15.9 Å². The molecule has 10 heteroatoms. The number of carboxylic acid groups (broad SMARTS) is 1. The fraction of sp³-hybridized carbons (Fsp3) is 0.100. The van der Waals surface area contributed by atoms with Crippen molar-refractivity contribution in [1.82, 2.24) is 20.2 Å². The first kappa shape index (κ1) is 13.9. The van der Waals surface area contributed by atoms with Crippen LogP contribution in [0.4, 0.5) is 16.4 Å². The maximum atomic E-state index is 11.7. The minimum absolute atomic E-state index is 0.0375. The van der Waals surface area contributed by atoms with E-state index in [2.05, 4.69) is 42.0 Å². The van der Waals surface area contributed by atoms with Gasteiger partial charge >= 0.3 is 12.0 Å². The van der Waals surface area contributed by atoms with Crippen LogP contribution < -0.4 is 10.6 Å². The summed E-state index contributed by atoms with van der Waals surface area (Å²) in [6.07, 6.45) is 0. The van der Waals surface area contributed by atoms with Gasteiger partial charge in [-0.3, -0.25) is 5.32 Å². The van der Waals surface area contributed by atoms with E-state index < -0.39 is 12.0 Å². The number of aryl methyl sites for hydroxylation is 1. The van der Waals surface area contributed by atoms with E-state index in [1.807, 2.05) is 0 Å². The summed E-state index contributed by atoms with van der Waals surface area (Å²) in [6, 6.07) is 3.66. The van der Waals surface area contributed by atoms with Gasteiger partial charge in [0.1, 0.15) is 0 Å². The molecule has 0 aliphatic carbocycles. The van der Waals surface area contributed by atoms with E-state index in [1.165, 1.54) is 23.0 Å². The van der Waals surface area contributed by atoms with Gasteiger partial charge in [0.15, 0.2) is 0 Å². The third-order valence-electron chi connectivity index (χ3n) is 2.20. The molecule has 1 aromatic carbocycles. The first-order valence-electron chi connectivity index (χ1n) is 5.30. The third kappa shape index (κ3) is 3.29. The standard InChI is InChI=1S/C10H9BrN6O3/c1-17-15-9(14-16-17)13-10(20)12-7-4-5(8(18)19)2-3-6(7)11/h2-4H,1H3,(H,18,19)(H2,12,13,15,20). The molecule has 104 valence electrons. The number of aromatic carboxylic acids is 1. The second kappa shape index (κ2) is 5.65. The molecule has 0 atom stereocenters. The molecule has 9 nitrogen and oxygen atoms in total. The van der Waals surface area contributed by atoms with Gasteiger partial charge in [-0.25, -0.2) is 9.59 Å². The number of urea groups is 1. The van der Waals surface area contributed by atoms with Gasteiger partial charge in [-0.05, 0) is 39.3 Å². The molecule has 1 heterocycles. The molecule has 0 spiro atoms. The summed E-state index contributed by atoms with van der Waals surface area (Å²) in [5.41, 5.74) is 0.368. The van der Waals surface area contributed by atoms with Crippen molar-refractivity contribution in [2.24, 2.45) is 7.05 Å². The zero-order chi connectivity index (χ0) is 14.7. The average molecular weight is 341 g/mol. The molecular weight excluding hydrogens is 332 g/mol. The van der Waals surface area contributed by atoms with Gasteiger partial charge in [-0.15, -0.1) is 5.10 Å². The summed E-state index contributed by atoms with van der Waals surface area (Å²) in [5, 5.41) is 24.7. The second-order valence-corrected chi connectivity index (χ2v) is 4.54. The van der Waals surface area contributed by atoms with Crippen LogP contribution in [-0.4, -0.2) is 37.3 Å². The van der Waals surface area contributed by atoms with Gasteiger partial charge in [0, 0.05) is 4.47 Å². The number of rotatable bonds is 3. The van der Waals surface area contributed by atoms with Gasteiger partial charge < -0.3 is 10.4 Å². The lowest BCUT2D eigenvalue weighted by molar-refractivity contribution is 0.0697. The molecule has 2 aromatic rings. The van der Waals surface area contributed by atoms with Gasteiger partial charge in [-0.2, -0.15) is 4.80 Å². The Bertz CT molecular complexity index is 671. The van der Waals surface area contributed by atoms with Crippen molar-refractivity contribution in [3.8, 4) is 0 Å². The minimum atomic E-state index is -1.09. The average Bonchev–Trinajstić information content (AvgIpc) is 2.77. The summed E-state index contributed by atoms with van der Waals surface area (Å²) in [4.78, 5) is 23.8. The Morgan fingerprint density at radius 1 is 1.35 bits per heavy atom. The third-order valence-corrected chi connectivity index (χ3v) is 2.89. The van der Waals surface area contributed by atoms with Crippen molar-refractivity contribution in [2.45, 2.75) is 0 Å². The number of halogens is 1. The SMILES string of the molecule is Cn1nnc(NC(=O)Nc2cc(C(=O)O)ccc2Br)n1. The number of nitrogens with zero attached hydrogens (tertiary/aromatic N) is 4. The molecule has 0 saturated carbocycles. The van der Waals surface area contributed by atoms with Crippen LogP contribution in [-0.2, 0) is 7.05 Å². The Balaban J connectivity index is 2.11. The van der Waals surface area contributed by atoms with Gasteiger partial charge in [0.25, 0.3) is 5.95 Å². The van der Waals surface area contributed by atoms with E-state index in [4.69, 9.17) is 5.11 Å². The van der Waals surface area contributed by atoms with Gasteiger partial charge in [0.05, 0.1) is 18.3 Å². The monoisotopic (exact) mass is 340 g/mol. The van der Waals surface area contributed by atoms with Crippen molar-refractivity contribution < 1.29 is 14.7 Å². The van der Waals surface area contributed by atoms with E-state index in [0.717, 1.165) is 0 Å². The fourth-order valence-electron chi connectivity index (χ4n) is 1.34. The van der Waals surface area contributed by atoms with Crippen molar-refractivity contribution in [3.05, 3.63) is 28.2 Å². The van der Waals surface area contributed by atoms with Gasteiger partial charge in [-0.1, -0.05) is 5.10 Å². The highest BCUT2D eigenvalue weighted by atomic mass is 79.9. The Hall–Kier alpha value is -2.49. The summed E-state index contributed by atoms with van der Waals surface area (Å²) < 4.78 is 0.546. The number of carbonyl (C=O) groups is 2. The second-order valence-electron chi connectivity index (χ2n) is 3.68. The van der Waals surface area contributed by atoms with E-state index in [-0.39, 0.29) is 11.5 Å². The number of hydrogen-bond donors (Lipinski definition) is 3. The summed E-state index contributed by atoms with van der Waals surface area (Å²) in [7, 11) is 1.56. The van der Waals surface area contributed by atoms with Crippen LogP contribution in [0.15, 0.2) is 22.7 Å². The maximum absolute atomic E-state index is 11.7. The molecule has 0 saturated heterocycles. The Kier molecular flexibility index (Phi) is 3.94. The van der Waals surface area contributed by atoms with E-state index in [1.54, 1.807) is 7.05 Å². The zero-order valence-corrected chi connectivity index (χ0v) is 11.7. The molecule has 0 unspecified atom stereocenters. The smallest absolute Gasteiger partial charge is 0.335 e. The number of amides is 2. The highest BCUT2D eigenvalue weighted by Crippen LogP contribution is 2.23. The number of anilines is 2. The van der Waals surface area contributed by atoms with Crippen molar-refractivity contribution >= 4 is 39.6 Å². The molecule has 0 aliphatic heterocycles. The van der Waals surface area contributed by atoms with E-state index in [9.17, 15) is 9.59 Å². The first-order valence-corrected chi connectivity index (χ1v) is 6.10. The van der Waals surface area contributed by atoms with Crippen LogP contribution in [0.2, 0.25) is 0 Å². The Morgan fingerprint density at radius 2 is 2.10 bits per heavy atom. The minimum Gasteiger partial charge on any atom is -0.478 e. The molecule has 1 aromatic heterocycles. The molecular formula is C10H9BrN6O3. The Morgan fingerprint density at radius 3 is 2.70 bits per heavy atom. The number of benzene rings is 1. The molecule has 0 radical (unpaired) electrons. The lowest BCUT2D eigenvalue weighted by atomic mass is 10.2. The predicted octanol–water partition coefficient (Wildman–Crippen LogP) is 1.31. The summed E-state index contributed by atoms with van der Waals surface area (Å²) in [5.74, 6) is -1.05. The van der Waals surface area contributed by atoms with Crippen LogP contribution in [0.1, 0.15) is 10.4 Å². The van der Waals surface area contributed by atoms with E-state index in [0.29, 0.717) is 10.2 Å². The van der Waals surface area contributed by atoms with Crippen molar-refractivity contribution in [3.63, 3.8) is 0 Å². The molecule has 0 fully saturated rings. The Labute approximate surface area is 121 Å². The maximum Gasteiger partial charge on any atom is 0.335 e. The number of hydrogen-bond acceptors (Lipinski definition) is 5. The number of carbonyl (C=O) groups excluding carboxylic acids is 1.